The lowest BCUT2D eigenvalue weighted by Crippen LogP contribution is -2.47. The van der Waals surface area contributed by atoms with Crippen LogP contribution in [0.3, 0.4) is 0 Å². The van der Waals surface area contributed by atoms with E-state index in [1.54, 1.807) is 24.5 Å². The lowest BCUT2D eigenvalue weighted by atomic mass is 10.0. The number of fused-ring (bicyclic) bond motifs is 2. The van der Waals surface area contributed by atoms with Gasteiger partial charge in [-0.1, -0.05) is 36.4 Å². The number of esters is 2. The Bertz CT molecular complexity index is 1300. The van der Waals surface area contributed by atoms with Gasteiger partial charge in [-0.15, -0.1) is 0 Å². The highest BCUT2D eigenvalue weighted by Crippen LogP contribution is 2.21. The molecule has 0 aliphatic carbocycles. The van der Waals surface area contributed by atoms with Crippen molar-refractivity contribution in [1.29, 1.82) is 0 Å². The Morgan fingerprint density at radius 2 is 1.11 bits per heavy atom. The summed E-state index contributed by atoms with van der Waals surface area (Å²) in [6.45, 7) is 0. The van der Waals surface area contributed by atoms with E-state index in [0.717, 1.165) is 21.8 Å². The van der Waals surface area contributed by atoms with E-state index in [1.165, 1.54) is 0 Å². The Labute approximate surface area is 198 Å². The SMILES string of the molecule is O=C(O)N[C@@H](Cc1c[nH]c2ccccc12)C(=O)OC(=O)[C@H](Cc1c[nH]c2ccccc12)NC(=O)O. The largest absolute Gasteiger partial charge is 0.465 e. The number of ether oxygens (including phenoxy) is 1. The van der Waals surface area contributed by atoms with E-state index in [4.69, 9.17) is 4.74 Å². The number of hydrogen-bond donors (Lipinski definition) is 6. The van der Waals surface area contributed by atoms with Crippen LogP contribution in [0.5, 0.6) is 0 Å². The van der Waals surface area contributed by atoms with Gasteiger partial charge in [-0.2, -0.15) is 0 Å². The second kappa shape index (κ2) is 10.00. The van der Waals surface area contributed by atoms with Gasteiger partial charge < -0.3 is 35.6 Å². The van der Waals surface area contributed by atoms with Gasteiger partial charge in [-0.05, 0) is 23.3 Å². The third-order valence-corrected chi connectivity index (χ3v) is 5.56. The third-order valence-electron chi connectivity index (χ3n) is 5.56. The zero-order valence-corrected chi connectivity index (χ0v) is 18.3. The van der Waals surface area contributed by atoms with Crippen LogP contribution in [0, 0.1) is 0 Å². The van der Waals surface area contributed by atoms with E-state index < -0.39 is 36.2 Å². The van der Waals surface area contributed by atoms with Gasteiger partial charge in [0.25, 0.3) is 0 Å². The average Bonchev–Trinajstić information content (AvgIpc) is 3.42. The summed E-state index contributed by atoms with van der Waals surface area (Å²) in [6, 6.07) is 11.7. The predicted molar refractivity (Wildman–Crippen MR) is 125 cm³/mol. The smallest absolute Gasteiger partial charge is 0.405 e. The lowest BCUT2D eigenvalue weighted by Gasteiger charge is -2.18. The molecule has 4 rings (SSSR count). The van der Waals surface area contributed by atoms with Crippen molar-refractivity contribution in [2.45, 2.75) is 24.9 Å². The standard InChI is InChI=1S/C24H22N4O7/c29-21(19(27-23(31)32)9-13-11-25-17-7-3-1-5-15(13)17)35-22(30)20(28-24(33)34)10-14-12-26-18-8-4-2-6-16(14)18/h1-8,11-12,19-20,25-28H,9-10H2,(H,31,32)(H,33,34)/t19-,20-/m0/s1. The maximum absolute atomic E-state index is 12.8. The molecule has 0 saturated heterocycles. The molecule has 0 unspecified atom stereocenters. The van der Waals surface area contributed by atoms with Crippen LogP contribution in [-0.4, -0.2) is 56.4 Å². The van der Waals surface area contributed by atoms with Gasteiger partial charge >= 0.3 is 24.1 Å². The van der Waals surface area contributed by atoms with Gasteiger partial charge in [0, 0.05) is 47.0 Å². The summed E-state index contributed by atoms with van der Waals surface area (Å²) in [7, 11) is 0. The van der Waals surface area contributed by atoms with Crippen molar-refractivity contribution < 1.29 is 34.1 Å². The van der Waals surface area contributed by atoms with E-state index in [9.17, 15) is 29.4 Å². The minimum Gasteiger partial charge on any atom is -0.465 e. The number of H-pyrrole nitrogens is 2. The third kappa shape index (κ3) is 5.41. The van der Waals surface area contributed by atoms with Crippen LogP contribution in [0.25, 0.3) is 21.8 Å². The number of nitrogens with one attached hydrogen (secondary N) is 4. The van der Waals surface area contributed by atoms with Crippen molar-refractivity contribution in [2.75, 3.05) is 0 Å². The molecule has 11 nitrogen and oxygen atoms in total. The molecule has 0 saturated carbocycles. The molecule has 0 spiro atoms. The van der Waals surface area contributed by atoms with Crippen LogP contribution in [0.15, 0.2) is 60.9 Å². The Kier molecular flexibility index (Phi) is 6.67. The maximum atomic E-state index is 12.8. The number of rotatable bonds is 8. The Hall–Kier alpha value is -4.80. The first-order valence-corrected chi connectivity index (χ1v) is 10.7. The normalized spacial score (nSPS) is 12.7. The van der Waals surface area contributed by atoms with Crippen molar-refractivity contribution in [1.82, 2.24) is 20.6 Å². The summed E-state index contributed by atoms with van der Waals surface area (Å²) in [6.07, 6.45) is 0.171. The molecule has 0 bridgehead atoms. The highest BCUT2D eigenvalue weighted by atomic mass is 16.6. The molecule has 2 aromatic heterocycles. The first kappa shape index (κ1) is 23.4. The minimum atomic E-state index is -1.47. The van der Waals surface area contributed by atoms with Crippen LogP contribution in [0.1, 0.15) is 11.1 Å². The van der Waals surface area contributed by atoms with Gasteiger partial charge in [0.1, 0.15) is 12.1 Å². The topological polar surface area (TPSA) is 174 Å². The molecular weight excluding hydrogens is 456 g/mol. The first-order valence-electron chi connectivity index (χ1n) is 10.7. The molecule has 0 aliphatic heterocycles. The van der Waals surface area contributed by atoms with E-state index in [0.29, 0.717) is 11.1 Å². The fraction of sp³-hybridized carbons (Fsp3) is 0.167. The van der Waals surface area contributed by atoms with Crippen LogP contribution in [-0.2, 0) is 27.2 Å². The molecule has 2 amide bonds. The number of carbonyl (C=O) groups excluding carboxylic acids is 2. The van der Waals surface area contributed by atoms with Crippen molar-refractivity contribution in [3.8, 4) is 0 Å². The van der Waals surface area contributed by atoms with Gasteiger partial charge in [-0.3, -0.25) is 0 Å². The Morgan fingerprint density at radius 1 is 0.714 bits per heavy atom. The molecule has 0 fully saturated rings. The molecule has 2 aromatic carbocycles. The molecule has 2 heterocycles. The number of hydrogen-bond acceptors (Lipinski definition) is 5. The van der Waals surface area contributed by atoms with Crippen LogP contribution in [0.2, 0.25) is 0 Å². The molecule has 180 valence electrons. The number of carboxylic acid groups (broad SMARTS) is 2. The Balaban J connectivity index is 1.52. The highest BCUT2D eigenvalue weighted by molar-refractivity contribution is 5.94. The molecule has 6 N–H and O–H groups in total. The number of carbonyl (C=O) groups is 4. The van der Waals surface area contributed by atoms with Crippen molar-refractivity contribution >= 4 is 45.9 Å². The van der Waals surface area contributed by atoms with Crippen molar-refractivity contribution in [3.63, 3.8) is 0 Å². The fourth-order valence-corrected chi connectivity index (χ4v) is 3.97. The van der Waals surface area contributed by atoms with Crippen molar-refractivity contribution in [3.05, 3.63) is 72.1 Å². The van der Waals surface area contributed by atoms with E-state index in [-0.39, 0.29) is 12.8 Å². The number of aromatic amines is 2. The summed E-state index contributed by atoms with van der Waals surface area (Å²) < 4.78 is 4.95. The van der Waals surface area contributed by atoms with Crippen LogP contribution >= 0.6 is 0 Å². The molecule has 2 atom stereocenters. The molecular formula is C24H22N4O7. The van der Waals surface area contributed by atoms with E-state index in [2.05, 4.69) is 20.6 Å². The zero-order chi connectivity index (χ0) is 24.9. The lowest BCUT2D eigenvalue weighted by molar-refractivity contribution is -0.162. The predicted octanol–water partition coefficient (Wildman–Crippen LogP) is 2.78. The molecule has 0 radical (unpaired) electrons. The monoisotopic (exact) mass is 478 g/mol. The van der Waals surface area contributed by atoms with Gasteiger partial charge in [0.2, 0.25) is 0 Å². The molecule has 4 aromatic rings. The minimum absolute atomic E-state index is 0.0814. The van der Waals surface area contributed by atoms with Crippen LogP contribution < -0.4 is 10.6 Å². The van der Waals surface area contributed by atoms with Crippen LogP contribution in [0.4, 0.5) is 9.59 Å². The summed E-state index contributed by atoms with van der Waals surface area (Å²) >= 11 is 0. The number of benzene rings is 2. The maximum Gasteiger partial charge on any atom is 0.405 e. The summed E-state index contributed by atoms with van der Waals surface area (Å²) in [4.78, 5) is 54.3. The number of aromatic nitrogens is 2. The first-order chi connectivity index (χ1) is 16.8. The molecule has 11 heteroatoms. The quantitative estimate of drug-likeness (QED) is 0.167. The summed E-state index contributed by atoms with van der Waals surface area (Å²) in [5.41, 5.74) is 2.88. The van der Waals surface area contributed by atoms with Gasteiger partial charge in [0.05, 0.1) is 0 Å². The zero-order valence-electron chi connectivity index (χ0n) is 18.3. The molecule has 35 heavy (non-hydrogen) atoms. The number of para-hydroxylation sites is 2. The van der Waals surface area contributed by atoms with E-state index >= 15 is 0 Å². The summed E-state index contributed by atoms with van der Waals surface area (Å²) in [5.74, 6) is -2.28. The summed E-state index contributed by atoms with van der Waals surface area (Å²) in [5, 5.41) is 24.1. The van der Waals surface area contributed by atoms with E-state index in [1.807, 2.05) is 36.4 Å². The van der Waals surface area contributed by atoms with Gasteiger partial charge in [-0.25, -0.2) is 19.2 Å². The number of amides is 2. The average molecular weight is 478 g/mol. The second-order valence-electron chi connectivity index (χ2n) is 7.87. The second-order valence-corrected chi connectivity index (χ2v) is 7.87. The fourth-order valence-electron chi connectivity index (χ4n) is 3.97. The highest BCUT2D eigenvalue weighted by Gasteiger charge is 2.31. The Morgan fingerprint density at radius 3 is 1.51 bits per heavy atom. The molecule has 0 aliphatic rings. The van der Waals surface area contributed by atoms with Gasteiger partial charge in [0.15, 0.2) is 0 Å². The van der Waals surface area contributed by atoms with Crippen molar-refractivity contribution in [2.24, 2.45) is 0 Å².